The molecule has 2 rings (SSSR count). The Bertz CT molecular complexity index is 678. The Balaban J connectivity index is 0.00000338. The van der Waals surface area contributed by atoms with Crippen molar-refractivity contribution in [2.24, 2.45) is 5.73 Å². The van der Waals surface area contributed by atoms with Crippen molar-refractivity contribution < 1.29 is 14.3 Å². The van der Waals surface area contributed by atoms with Gasteiger partial charge in [0.2, 0.25) is 5.91 Å². The summed E-state index contributed by atoms with van der Waals surface area (Å²) in [5.41, 5.74) is 7.58. The zero-order chi connectivity index (χ0) is 18.1. The van der Waals surface area contributed by atoms with Gasteiger partial charge >= 0.3 is 0 Å². The first-order valence-corrected chi connectivity index (χ1v) is 8.44. The molecule has 26 heavy (non-hydrogen) atoms. The number of benzene rings is 2. The molecule has 0 heterocycles. The normalized spacial score (nSPS) is 12.7. The van der Waals surface area contributed by atoms with Gasteiger partial charge in [-0.25, -0.2) is 0 Å². The molecule has 1 amide bonds. The van der Waals surface area contributed by atoms with Crippen molar-refractivity contribution >= 4 is 24.0 Å². The highest BCUT2D eigenvalue weighted by Crippen LogP contribution is 2.20. The number of nitrogens with two attached hydrogens (primary N) is 1. The van der Waals surface area contributed by atoms with Gasteiger partial charge in [0, 0.05) is 12.3 Å². The number of rotatable bonds is 9. The molecule has 0 aliphatic rings. The third-order valence-electron chi connectivity index (χ3n) is 3.87. The van der Waals surface area contributed by atoms with E-state index >= 15 is 0 Å². The average Bonchev–Trinajstić information content (AvgIpc) is 2.62. The number of halogens is 1. The van der Waals surface area contributed by atoms with Crippen LogP contribution in [0.4, 0.5) is 5.69 Å². The lowest BCUT2D eigenvalue weighted by atomic mass is 9.92. The van der Waals surface area contributed by atoms with Gasteiger partial charge in [0.1, 0.15) is 5.54 Å². The molecule has 2 aromatic carbocycles. The first kappa shape index (κ1) is 22.1. The Hall–Kier alpha value is -1.92. The smallest absolute Gasteiger partial charge is 0.248 e. The van der Waals surface area contributed by atoms with Gasteiger partial charge in [0.15, 0.2) is 0 Å². The van der Waals surface area contributed by atoms with Crippen LogP contribution in [0, 0.1) is 0 Å². The predicted octanol–water partition coefficient (Wildman–Crippen LogP) is 3.47. The van der Waals surface area contributed by atoms with Crippen LogP contribution in [0.5, 0.6) is 0 Å². The van der Waals surface area contributed by atoms with Crippen molar-refractivity contribution in [3.8, 4) is 0 Å². The van der Waals surface area contributed by atoms with Gasteiger partial charge in [0.25, 0.3) is 0 Å². The van der Waals surface area contributed by atoms with Crippen LogP contribution >= 0.6 is 12.4 Å². The predicted molar refractivity (Wildman–Crippen MR) is 106 cm³/mol. The Kier molecular flexibility index (Phi) is 9.30. The monoisotopic (exact) mass is 378 g/mol. The van der Waals surface area contributed by atoms with Gasteiger partial charge < -0.3 is 20.5 Å². The van der Waals surface area contributed by atoms with E-state index in [-0.39, 0.29) is 18.3 Å². The van der Waals surface area contributed by atoms with Crippen molar-refractivity contribution in [2.75, 3.05) is 25.1 Å². The highest BCUT2D eigenvalue weighted by Gasteiger charge is 2.30. The number of carbonyl (C=O) groups excluding carboxylic acids is 1. The summed E-state index contributed by atoms with van der Waals surface area (Å²) in [4.78, 5) is 12.6. The number of nitrogens with one attached hydrogen (secondary N) is 1. The summed E-state index contributed by atoms with van der Waals surface area (Å²) in [6.07, 6.45) is 0. The molecule has 0 saturated heterocycles. The quantitative estimate of drug-likeness (QED) is 0.655. The van der Waals surface area contributed by atoms with Crippen LogP contribution in [-0.4, -0.2) is 25.7 Å². The molecule has 6 heteroatoms. The van der Waals surface area contributed by atoms with Crippen molar-refractivity contribution in [3.63, 3.8) is 0 Å². The van der Waals surface area contributed by atoms with E-state index in [4.69, 9.17) is 15.2 Å². The number of anilines is 1. The first-order chi connectivity index (χ1) is 12.0. The maximum Gasteiger partial charge on any atom is 0.248 e. The minimum atomic E-state index is -1.11. The van der Waals surface area contributed by atoms with Gasteiger partial charge in [-0.15, -0.1) is 12.4 Å². The van der Waals surface area contributed by atoms with Gasteiger partial charge in [-0.05, 0) is 37.1 Å². The fourth-order valence-corrected chi connectivity index (χ4v) is 2.37. The highest BCUT2D eigenvalue weighted by atomic mass is 35.5. The van der Waals surface area contributed by atoms with Crippen molar-refractivity contribution in [2.45, 2.75) is 26.0 Å². The first-order valence-electron chi connectivity index (χ1n) is 8.44. The molecule has 1 atom stereocenters. The lowest BCUT2D eigenvalue weighted by Gasteiger charge is -2.24. The Morgan fingerprint density at radius 3 is 2.46 bits per heavy atom. The number of ether oxygens (including phenoxy) is 2. The molecule has 0 fully saturated rings. The van der Waals surface area contributed by atoms with E-state index in [2.05, 4.69) is 5.32 Å². The summed E-state index contributed by atoms with van der Waals surface area (Å²) < 4.78 is 10.8. The maximum absolute atomic E-state index is 12.6. The Morgan fingerprint density at radius 1 is 1.08 bits per heavy atom. The molecule has 0 saturated carbocycles. The lowest BCUT2D eigenvalue weighted by Crippen LogP contribution is -2.45. The molecule has 0 spiro atoms. The summed E-state index contributed by atoms with van der Waals surface area (Å²) in [5, 5.41) is 2.89. The fourth-order valence-electron chi connectivity index (χ4n) is 2.37. The van der Waals surface area contributed by atoms with Crippen LogP contribution in [0.2, 0.25) is 0 Å². The Labute approximate surface area is 161 Å². The number of amides is 1. The molecule has 5 nitrogen and oxygen atoms in total. The summed E-state index contributed by atoms with van der Waals surface area (Å²) >= 11 is 0. The van der Waals surface area contributed by atoms with Crippen molar-refractivity contribution in [1.29, 1.82) is 0 Å². The van der Waals surface area contributed by atoms with E-state index in [1.807, 2.05) is 61.5 Å². The molecule has 2 aromatic rings. The molecule has 0 aromatic heterocycles. The SMILES string of the molecule is CCOCCOCc1cccc(NC(=O)C(C)(N)c2ccccc2)c1.Cl. The van der Waals surface area contributed by atoms with Crippen molar-refractivity contribution in [1.82, 2.24) is 0 Å². The highest BCUT2D eigenvalue weighted by molar-refractivity contribution is 5.98. The fraction of sp³-hybridized carbons (Fsp3) is 0.350. The topological polar surface area (TPSA) is 73.6 Å². The summed E-state index contributed by atoms with van der Waals surface area (Å²) in [5.74, 6) is -0.256. The molecular formula is C20H27ClN2O3. The van der Waals surface area contributed by atoms with Crippen molar-refractivity contribution in [3.05, 3.63) is 65.7 Å². The second-order valence-electron chi connectivity index (χ2n) is 5.97. The van der Waals surface area contributed by atoms with E-state index in [1.54, 1.807) is 6.92 Å². The van der Waals surface area contributed by atoms with Gasteiger partial charge in [-0.1, -0.05) is 42.5 Å². The number of hydrogen-bond donors (Lipinski definition) is 2. The third-order valence-corrected chi connectivity index (χ3v) is 3.87. The zero-order valence-corrected chi connectivity index (χ0v) is 16.1. The molecular weight excluding hydrogens is 352 g/mol. The Morgan fingerprint density at radius 2 is 1.77 bits per heavy atom. The molecule has 0 bridgehead atoms. The van der Waals surface area contributed by atoms with Gasteiger partial charge in [-0.2, -0.15) is 0 Å². The second-order valence-corrected chi connectivity index (χ2v) is 5.97. The zero-order valence-electron chi connectivity index (χ0n) is 15.2. The number of hydrogen-bond acceptors (Lipinski definition) is 4. The van der Waals surface area contributed by atoms with Crippen LogP contribution in [0.25, 0.3) is 0 Å². The van der Waals surface area contributed by atoms with Crippen LogP contribution in [-0.2, 0) is 26.4 Å². The van der Waals surface area contributed by atoms with Gasteiger partial charge in [0.05, 0.1) is 19.8 Å². The van der Waals surface area contributed by atoms with Crippen LogP contribution in [0.1, 0.15) is 25.0 Å². The van der Waals surface area contributed by atoms with Crippen LogP contribution in [0.15, 0.2) is 54.6 Å². The third kappa shape index (κ3) is 6.42. The summed E-state index contributed by atoms with van der Waals surface area (Å²) in [6.45, 7) is 5.93. The molecule has 0 aliphatic heterocycles. The van der Waals surface area contributed by atoms with E-state index in [0.717, 1.165) is 11.1 Å². The molecule has 0 radical (unpaired) electrons. The van der Waals surface area contributed by atoms with Crippen LogP contribution in [0.3, 0.4) is 0 Å². The van der Waals surface area contributed by atoms with E-state index < -0.39 is 5.54 Å². The molecule has 142 valence electrons. The molecule has 1 unspecified atom stereocenters. The minimum Gasteiger partial charge on any atom is -0.379 e. The maximum atomic E-state index is 12.6. The molecule has 0 aliphatic carbocycles. The summed E-state index contributed by atoms with van der Waals surface area (Å²) in [7, 11) is 0. The molecule has 3 N–H and O–H groups in total. The largest absolute Gasteiger partial charge is 0.379 e. The van der Waals surface area contributed by atoms with Gasteiger partial charge in [-0.3, -0.25) is 4.79 Å². The average molecular weight is 379 g/mol. The minimum absolute atomic E-state index is 0. The standard InChI is InChI=1S/C20H26N2O3.ClH/c1-3-24-12-13-25-15-16-8-7-11-18(14-16)22-19(23)20(2,21)17-9-5-4-6-10-17;/h4-11,14H,3,12-13,15,21H2,1-2H3,(H,22,23);1H. The number of carbonyl (C=O) groups is 1. The lowest BCUT2D eigenvalue weighted by molar-refractivity contribution is -0.120. The van der Waals surface area contributed by atoms with E-state index in [1.165, 1.54) is 0 Å². The second kappa shape index (κ2) is 10.9. The van der Waals surface area contributed by atoms with Crippen LogP contribution < -0.4 is 11.1 Å². The van der Waals surface area contributed by atoms with E-state index in [0.29, 0.717) is 32.1 Å². The summed E-state index contributed by atoms with van der Waals surface area (Å²) in [6, 6.07) is 16.9. The van der Waals surface area contributed by atoms with E-state index in [9.17, 15) is 4.79 Å².